The highest BCUT2D eigenvalue weighted by Crippen LogP contribution is 2.25. The smallest absolute Gasteiger partial charge is 0.161 e. The number of aromatic nitrogens is 1. The molecule has 2 rings (SSSR count). The third-order valence-electron chi connectivity index (χ3n) is 3.11. The van der Waals surface area contributed by atoms with Crippen molar-refractivity contribution >= 4 is 28.4 Å². The molecule has 0 spiro atoms. The summed E-state index contributed by atoms with van der Waals surface area (Å²) in [6, 6.07) is 4.15. The second-order valence-electron chi connectivity index (χ2n) is 4.17. The number of methoxy groups -OCH3 is 2. The molecule has 0 amide bonds. The minimum absolute atomic E-state index is 0.108. The summed E-state index contributed by atoms with van der Waals surface area (Å²) in [5, 5.41) is 0. The van der Waals surface area contributed by atoms with Gasteiger partial charge >= 0.3 is 0 Å². The molecule has 0 saturated carbocycles. The summed E-state index contributed by atoms with van der Waals surface area (Å²) in [5.41, 5.74) is 0. The molecule has 1 aliphatic rings. The molecule has 1 aromatic heterocycles. The van der Waals surface area contributed by atoms with Crippen LogP contribution in [-0.4, -0.2) is 38.6 Å². The minimum atomic E-state index is -0.108. The van der Waals surface area contributed by atoms with Crippen LogP contribution in [0.15, 0.2) is 18.3 Å². The number of rotatable bonds is 4. The summed E-state index contributed by atoms with van der Waals surface area (Å²) in [6.45, 7) is 1.96. The van der Waals surface area contributed by atoms with Crippen molar-refractivity contribution in [3.05, 3.63) is 21.9 Å². The molecule has 1 unspecified atom stereocenters. The molecule has 1 aliphatic heterocycles. The van der Waals surface area contributed by atoms with E-state index in [-0.39, 0.29) is 6.29 Å². The maximum absolute atomic E-state index is 5.32. The van der Waals surface area contributed by atoms with Crippen molar-refractivity contribution in [2.45, 2.75) is 12.7 Å². The Kier molecular flexibility index (Phi) is 4.58. The van der Waals surface area contributed by atoms with Gasteiger partial charge in [-0.05, 0) is 41.1 Å². The first kappa shape index (κ1) is 13.0. The number of halogens is 1. The van der Waals surface area contributed by atoms with E-state index in [0.717, 1.165) is 28.9 Å². The Morgan fingerprint density at radius 2 is 2.18 bits per heavy atom. The predicted octanol–water partition coefficient (Wildman–Crippen LogP) is 2.13. The Bertz CT molecular complexity index is 354. The molecule has 1 saturated heterocycles. The summed E-state index contributed by atoms with van der Waals surface area (Å²) < 4.78 is 11.8. The molecule has 0 bridgehead atoms. The molecule has 1 atom stereocenters. The Hall–Kier alpha value is -0.400. The van der Waals surface area contributed by atoms with Gasteiger partial charge in [-0.25, -0.2) is 4.98 Å². The van der Waals surface area contributed by atoms with E-state index >= 15 is 0 Å². The summed E-state index contributed by atoms with van der Waals surface area (Å²) in [6.07, 6.45) is 2.87. The van der Waals surface area contributed by atoms with Gasteiger partial charge in [-0.15, -0.1) is 0 Å². The molecule has 1 aromatic rings. The van der Waals surface area contributed by atoms with Crippen LogP contribution in [0.4, 0.5) is 5.82 Å². The summed E-state index contributed by atoms with van der Waals surface area (Å²) in [5.74, 6) is 1.46. The summed E-state index contributed by atoms with van der Waals surface area (Å²) in [7, 11) is 3.39. The minimum Gasteiger partial charge on any atom is -0.356 e. The van der Waals surface area contributed by atoms with E-state index in [1.165, 1.54) is 0 Å². The first-order chi connectivity index (χ1) is 8.24. The van der Waals surface area contributed by atoms with E-state index in [1.807, 2.05) is 6.20 Å². The fourth-order valence-electron chi connectivity index (χ4n) is 2.25. The largest absolute Gasteiger partial charge is 0.356 e. The van der Waals surface area contributed by atoms with E-state index in [1.54, 1.807) is 14.2 Å². The molecule has 0 N–H and O–H groups in total. The standard InChI is InChI=1S/C12H17IN2O2/c1-16-12(17-2)9-5-6-15(8-9)11-4-3-10(13)7-14-11/h3-4,7,9,12H,5-6,8H2,1-2H3. The number of hydrogen-bond donors (Lipinski definition) is 0. The Morgan fingerprint density at radius 3 is 2.76 bits per heavy atom. The fraction of sp³-hybridized carbons (Fsp3) is 0.583. The highest BCUT2D eigenvalue weighted by molar-refractivity contribution is 14.1. The zero-order chi connectivity index (χ0) is 12.3. The molecule has 1 fully saturated rings. The second kappa shape index (κ2) is 5.97. The third kappa shape index (κ3) is 3.08. The van der Waals surface area contributed by atoms with Gasteiger partial charge in [0.1, 0.15) is 5.82 Å². The molecular weight excluding hydrogens is 331 g/mol. The lowest BCUT2D eigenvalue weighted by Gasteiger charge is -2.21. The van der Waals surface area contributed by atoms with Gasteiger partial charge in [-0.3, -0.25) is 0 Å². The van der Waals surface area contributed by atoms with Gasteiger partial charge in [-0.1, -0.05) is 0 Å². The van der Waals surface area contributed by atoms with Crippen LogP contribution in [0.3, 0.4) is 0 Å². The average Bonchev–Trinajstić information content (AvgIpc) is 2.81. The van der Waals surface area contributed by atoms with Gasteiger partial charge in [0, 0.05) is 43.0 Å². The average molecular weight is 348 g/mol. The highest BCUT2D eigenvalue weighted by Gasteiger charge is 2.30. The van der Waals surface area contributed by atoms with Crippen molar-refractivity contribution in [2.24, 2.45) is 5.92 Å². The normalized spacial score (nSPS) is 20.2. The molecule has 0 aliphatic carbocycles. The Morgan fingerprint density at radius 1 is 1.41 bits per heavy atom. The molecule has 17 heavy (non-hydrogen) atoms. The van der Waals surface area contributed by atoms with E-state index in [4.69, 9.17) is 9.47 Å². The van der Waals surface area contributed by atoms with Gasteiger partial charge in [0.15, 0.2) is 6.29 Å². The van der Waals surface area contributed by atoms with Crippen LogP contribution in [0.2, 0.25) is 0 Å². The SMILES string of the molecule is COC(OC)C1CCN(c2ccc(I)cn2)C1. The van der Waals surface area contributed by atoms with Crippen molar-refractivity contribution in [1.29, 1.82) is 0 Å². The van der Waals surface area contributed by atoms with Crippen LogP contribution >= 0.6 is 22.6 Å². The predicted molar refractivity (Wildman–Crippen MR) is 75.1 cm³/mol. The van der Waals surface area contributed by atoms with E-state index < -0.39 is 0 Å². The van der Waals surface area contributed by atoms with E-state index in [0.29, 0.717) is 5.92 Å². The number of anilines is 1. The lowest BCUT2D eigenvalue weighted by Crippen LogP contribution is -2.28. The van der Waals surface area contributed by atoms with E-state index in [9.17, 15) is 0 Å². The topological polar surface area (TPSA) is 34.6 Å². The first-order valence-electron chi connectivity index (χ1n) is 5.66. The monoisotopic (exact) mass is 348 g/mol. The maximum Gasteiger partial charge on any atom is 0.161 e. The van der Waals surface area contributed by atoms with Crippen molar-refractivity contribution in [2.75, 3.05) is 32.2 Å². The molecular formula is C12H17IN2O2. The van der Waals surface area contributed by atoms with Gasteiger partial charge in [0.05, 0.1) is 0 Å². The van der Waals surface area contributed by atoms with Crippen LogP contribution in [-0.2, 0) is 9.47 Å². The molecule has 94 valence electrons. The number of hydrogen-bond acceptors (Lipinski definition) is 4. The van der Waals surface area contributed by atoms with Gasteiger partial charge in [0.25, 0.3) is 0 Å². The molecule has 0 aromatic carbocycles. The molecule has 5 heteroatoms. The molecule has 4 nitrogen and oxygen atoms in total. The van der Waals surface area contributed by atoms with Crippen LogP contribution in [0.25, 0.3) is 0 Å². The number of ether oxygens (including phenoxy) is 2. The Balaban J connectivity index is 2.00. The lowest BCUT2D eigenvalue weighted by atomic mass is 10.1. The van der Waals surface area contributed by atoms with Gasteiger partial charge < -0.3 is 14.4 Å². The van der Waals surface area contributed by atoms with Gasteiger partial charge in [0.2, 0.25) is 0 Å². The van der Waals surface area contributed by atoms with E-state index in [2.05, 4.69) is 44.6 Å². The third-order valence-corrected chi connectivity index (χ3v) is 3.75. The highest BCUT2D eigenvalue weighted by atomic mass is 127. The van der Waals surface area contributed by atoms with Gasteiger partial charge in [-0.2, -0.15) is 0 Å². The first-order valence-corrected chi connectivity index (χ1v) is 6.74. The van der Waals surface area contributed by atoms with Crippen molar-refractivity contribution in [3.8, 4) is 0 Å². The zero-order valence-electron chi connectivity index (χ0n) is 10.1. The van der Waals surface area contributed by atoms with Crippen molar-refractivity contribution < 1.29 is 9.47 Å². The maximum atomic E-state index is 5.32. The second-order valence-corrected chi connectivity index (χ2v) is 5.41. The molecule has 0 radical (unpaired) electrons. The number of pyridine rings is 1. The fourth-order valence-corrected chi connectivity index (χ4v) is 2.57. The summed E-state index contributed by atoms with van der Waals surface area (Å²) >= 11 is 2.27. The van der Waals surface area contributed by atoms with Crippen LogP contribution < -0.4 is 4.90 Å². The lowest BCUT2D eigenvalue weighted by molar-refractivity contribution is -0.132. The van der Waals surface area contributed by atoms with Crippen LogP contribution in [0.5, 0.6) is 0 Å². The van der Waals surface area contributed by atoms with Crippen molar-refractivity contribution in [1.82, 2.24) is 4.98 Å². The Labute approximate surface area is 115 Å². The van der Waals surface area contributed by atoms with Crippen LogP contribution in [0.1, 0.15) is 6.42 Å². The zero-order valence-corrected chi connectivity index (χ0v) is 12.3. The van der Waals surface area contributed by atoms with Crippen molar-refractivity contribution in [3.63, 3.8) is 0 Å². The quantitative estimate of drug-likeness (QED) is 0.617. The summed E-state index contributed by atoms with van der Waals surface area (Å²) in [4.78, 5) is 6.73. The van der Waals surface area contributed by atoms with Crippen LogP contribution in [0, 0.1) is 9.49 Å². The molecule has 2 heterocycles. The number of nitrogens with zero attached hydrogens (tertiary/aromatic N) is 2.